The Morgan fingerprint density at radius 1 is 0.378 bits per heavy atom. The molecule has 4 N–H and O–H groups in total. The van der Waals surface area contributed by atoms with E-state index in [0.717, 1.165) is 22.8 Å². The van der Waals surface area contributed by atoms with Crippen LogP contribution in [0.1, 0.15) is 0 Å². The fraction of sp³-hybridized carbons (Fsp3) is 0. The van der Waals surface area contributed by atoms with Crippen molar-refractivity contribution < 1.29 is 62.5 Å². The van der Waals surface area contributed by atoms with Gasteiger partial charge in [-0.25, -0.2) is 0 Å². The molecule has 0 aliphatic heterocycles. The second kappa shape index (κ2) is 19.8. The molecule has 0 spiro atoms. The van der Waals surface area contributed by atoms with Gasteiger partial charge in [-0.3, -0.25) is 19.9 Å². The van der Waals surface area contributed by atoms with Crippen LogP contribution in [0.15, 0.2) is 97.6 Å². The van der Waals surface area contributed by atoms with Crippen molar-refractivity contribution in [1.29, 1.82) is 0 Å². The number of hydrogen-bond donors (Lipinski definition) is 0. The molecular weight excluding hydrogens is 565 g/mol. The molecule has 0 atom stereocenters. The quantitative estimate of drug-likeness (QED) is 0.237. The Morgan fingerprint density at radius 3 is 0.649 bits per heavy atom. The summed E-state index contributed by atoms with van der Waals surface area (Å²) in [5.41, 5.74) is 3.66. The van der Waals surface area contributed by atoms with E-state index < -0.39 is 14.5 Å². The third-order valence-electron chi connectivity index (χ3n) is 3.18. The molecule has 0 aromatic carbocycles. The maximum atomic E-state index is 9.75. The molecule has 4 aromatic rings. The number of rotatable bonds is 2. The molecule has 4 aromatic heterocycles. The van der Waals surface area contributed by atoms with Gasteiger partial charge in [-0.2, -0.15) is 0 Å². The average molecular weight is 586 g/mol. The van der Waals surface area contributed by atoms with E-state index in [-0.39, 0.29) is 28.0 Å². The third-order valence-corrected chi connectivity index (χ3v) is 3.18. The van der Waals surface area contributed by atoms with Crippen LogP contribution in [0.2, 0.25) is 0 Å². The maximum absolute atomic E-state index is 9.75. The van der Waals surface area contributed by atoms with Gasteiger partial charge in [0, 0.05) is 24.8 Å². The van der Waals surface area contributed by atoms with Crippen molar-refractivity contribution in [2.24, 2.45) is 0 Å². The number of nitrogens with zero attached hydrogens (tertiary/aromatic N) is 4. The summed E-state index contributed by atoms with van der Waals surface area (Å²) in [5, 5.41) is 0. The Morgan fingerprint density at radius 2 is 0.541 bits per heavy atom. The molecule has 0 saturated carbocycles. The van der Waals surface area contributed by atoms with Gasteiger partial charge in [0.05, 0.1) is 22.8 Å². The van der Waals surface area contributed by atoms with Crippen molar-refractivity contribution >= 4 is 14.5 Å². The summed E-state index contributed by atoms with van der Waals surface area (Å²) < 4.78 is 78.0. The monoisotopic (exact) mass is 585 g/mol. The van der Waals surface area contributed by atoms with E-state index in [4.69, 9.17) is 0 Å². The van der Waals surface area contributed by atoms with E-state index in [9.17, 15) is 34.5 Å². The van der Waals surface area contributed by atoms with Crippen molar-refractivity contribution in [3.05, 3.63) is 97.6 Å². The SMILES string of the molecule is F[B-](F)(F)F.F[B-](F)(F)F.O.O.[Cu+2].c1ccc(-c2ccccn2)nc1.c1ccc(-c2ccccn2)nc1. The molecule has 0 aliphatic carbocycles. The number of aromatic nitrogens is 4. The smallest absolute Gasteiger partial charge is 0.418 e. The molecule has 1 radical (unpaired) electrons. The van der Waals surface area contributed by atoms with Crippen molar-refractivity contribution in [3.8, 4) is 22.8 Å². The van der Waals surface area contributed by atoms with E-state index in [1.54, 1.807) is 24.8 Å². The topological polar surface area (TPSA) is 115 Å². The van der Waals surface area contributed by atoms with Crippen LogP contribution in [0.25, 0.3) is 22.8 Å². The van der Waals surface area contributed by atoms with E-state index in [2.05, 4.69) is 19.9 Å². The van der Waals surface area contributed by atoms with Gasteiger partial charge in [-0.1, -0.05) is 24.3 Å². The van der Waals surface area contributed by atoms with Crippen LogP contribution in [0.4, 0.5) is 34.5 Å². The summed E-state index contributed by atoms with van der Waals surface area (Å²) in [5.74, 6) is 0. The minimum atomic E-state index is -6.00. The molecular formula is C20H20B2CuF8N4O2. The van der Waals surface area contributed by atoms with Crippen LogP contribution in [0, 0.1) is 0 Å². The molecule has 0 amide bonds. The van der Waals surface area contributed by atoms with Crippen LogP contribution < -0.4 is 0 Å². The fourth-order valence-corrected chi connectivity index (χ4v) is 2.06. The van der Waals surface area contributed by atoms with Gasteiger partial charge in [-0.05, 0) is 48.5 Å². The fourth-order valence-electron chi connectivity index (χ4n) is 2.06. The second-order valence-corrected chi connectivity index (χ2v) is 5.85. The van der Waals surface area contributed by atoms with Crippen LogP contribution in [-0.4, -0.2) is 45.4 Å². The van der Waals surface area contributed by atoms with Crippen LogP contribution in [0.3, 0.4) is 0 Å². The van der Waals surface area contributed by atoms with Gasteiger partial charge in [-0.15, -0.1) is 0 Å². The van der Waals surface area contributed by atoms with Crippen LogP contribution >= 0.6 is 0 Å². The van der Waals surface area contributed by atoms with Gasteiger partial charge in [0.25, 0.3) is 0 Å². The van der Waals surface area contributed by atoms with Crippen LogP contribution in [-0.2, 0) is 17.1 Å². The van der Waals surface area contributed by atoms with E-state index in [0.29, 0.717) is 0 Å². The molecule has 4 heterocycles. The first-order valence-corrected chi connectivity index (χ1v) is 9.33. The molecule has 205 valence electrons. The third kappa shape index (κ3) is 22.8. The van der Waals surface area contributed by atoms with E-state index in [1.807, 2.05) is 72.8 Å². The number of hydrogen-bond acceptors (Lipinski definition) is 4. The first-order chi connectivity index (χ1) is 15.9. The van der Waals surface area contributed by atoms with Crippen molar-refractivity contribution in [3.63, 3.8) is 0 Å². The molecule has 37 heavy (non-hydrogen) atoms. The summed E-state index contributed by atoms with van der Waals surface area (Å²) in [7, 11) is -12.0. The Balaban J connectivity index is -0.000000439. The summed E-state index contributed by atoms with van der Waals surface area (Å²) in [4.78, 5) is 16.7. The predicted molar refractivity (Wildman–Crippen MR) is 123 cm³/mol. The van der Waals surface area contributed by atoms with Crippen molar-refractivity contribution in [2.75, 3.05) is 0 Å². The van der Waals surface area contributed by atoms with Crippen molar-refractivity contribution in [2.45, 2.75) is 0 Å². The normalized spacial score (nSPS) is 9.51. The predicted octanol–water partition coefficient (Wildman–Crippen LogP) is 5.24. The standard InChI is InChI=1S/2C10H8N2.2BF4.Cu.2H2O/c2*1-3-7-11-9(5-1)10-6-2-4-8-12-10;2*2-1(3,4)5;;;/h2*1-8H;;;;2*1H2/q;;2*-1;+2;;. The summed E-state index contributed by atoms with van der Waals surface area (Å²) in [6, 6.07) is 23.2. The van der Waals surface area contributed by atoms with Gasteiger partial charge in [0.1, 0.15) is 0 Å². The minimum Gasteiger partial charge on any atom is -0.418 e. The maximum Gasteiger partial charge on any atom is 2.00 e. The average Bonchev–Trinajstić information content (AvgIpc) is 2.80. The van der Waals surface area contributed by atoms with Gasteiger partial charge in [0.15, 0.2) is 0 Å². The van der Waals surface area contributed by atoms with E-state index in [1.165, 1.54) is 0 Å². The van der Waals surface area contributed by atoms with Gasteiger partial charge < -0.3 is 45.5 Å². The zero-order valence-corrected chi connectivity index (χ0v) is 19.4. The molecule has 0 unspecified atom stereocenters. The molecule has 6 nitrogen and oxygen atoms in total. The minimum absolute atomic E-state index is 0. The zero-order valence-electron chi connectivity index (χ0n) is 18.5. The number of pyridine rings is 4. The Labute approximate surface area is 217 Å². The first-order valence-electron chi connectivity index (χ1n) is 9.33. The largest absolute Gasteiger partial charge is 2.00 e. The summed E-state index contributed by atoms with van der Waals surface area (Å²) in [6.45, 7) is 0. The Bertz CT molecular complexity index is 884. The Kier molecular flexibility index (Phi) is 20.4. The molecule has 0 fully saturated rings. The summed E-state index contributed by atoms with van der Waals surface area (Å²) in [6.07, 6.45) is 7.07. The van der Waals surface area contributed by atoms with Crippen LogP contribution in [0.5, 0.6) is 0 Å². The van der Waals surface area contributed by atoms with Crippen molar-refractivity contribution in [1.82, 2.24) is 19.9 Å². The molecule has 0 aliphatic rings. The second-order valence-electron chi connectivity index (χ2n) is 5.85. The molecule has 0 saturated heterocycles. The van der Waals surface area contributed by atoms with Gasteiger partial charge >= 0.3 is 31.6 Å². The van der Waals surface area contributed by atoms with E-state index >= 15 is 0 Å². The molecule has 17 heteroatoms. The Hall–Kier alpha value is -3.39. The molecule has 0 bridgehead atoms. The number of halogens is 8. The molecule has 4 rings (SSSR count). The van der Waals surface area contributed by atoms with Gasteiger partial charge in [0.2, 0.25) is 0 Å². The summed E-state index contributed by atoms with van der Waals surface area (Å²) >= 11 is 0. The first kappa shape index (κ1) is 38.1. The zero-order chi connectivity index (χ0) is 25.5.